The molecule has 1 rings (SSSR count). The molecule has 0 saturated heterocycles. The number of carbonyl (C=O) groups is 1. The normalized spacial score (nSPS) is 11.3. The summed E-state index contributed by atoms with van der Waals surface area (Å²) in [6.45, 7) is 1.98. The first kappa shape index (κ1) is 15.8. The fourth-order valence-electron chi connectivity index (χ4n) is 1.88. The molecule has 5 heteroatoms. The lowest BCUT2D eigenvalue weighted by molar-refractivity contribution is -0.120. The fraction of sp³-hybridized carbons (Fsp3) is 0.467. The van der Waals surface area contributed by atoms with Gasteiger partial charge < -0.3 is 14.8 Å². The predicted octanol–water partition coefficient (Wildman–Crippen LogP) is 2.05. The maximum Gasteiger partial charge on any atom is 0.225 e. The highest BCUT2D eigenvalue weighted by atomic mass is 16.5. The summed E-state index contributed by atoms with van der Waals surface area (Å²) in [6.07, 6.45) is 1.73. The lowest BCUT2D eigenvalue weighted by Gasteiger charge is -2.12. The number of hydrogen-bond acceptors (Lipinski definition) is 4. The second-order valence-corrected chi connectivity index (χ2v) is 4.40. The van der Waals surface area contributed by atoms with Crippen LogP contribution < -0.4 is 14.8 Å². The van der Waals surface area contributed by atoms with Crippen LogP contribution in [-0.4, -0.2) is 26.2 Å². The lowest BCUT2D eigenvalue weighted by atomic mass is 10.1. The van der Waals surface area contributed by atoms with E-state index in [1.165, 1.54) is 0 Å². The zero-order valence-electron chi connectivity index (χ0n) is 12.1. The third kappa shape index (κ3) is 4.47. The first-order valence-corrected chi connectivity index (χ1v) is 6.54. The van der Waals surface area contributed by atoms with E-state index in [1.54, 1.807) is 26.4 Å². The SMILES string of the molecule is CCCC(C#N)NC(=O)Cc1ccc(OC)c(OC)c1. The standard InChI is InChI=1S/C15H20N2O3/c1-4-5-12(10-16)17-15(18)9-11-6-7-13(19-2)14(8-11)20-3/h6-8,12H,4-5,9H2,1-3H3,(H,17,18). The molecule has 0 aliphatic carbocycles. The Bertz CT molecular complexity index is 494. The molecule has 1 N–H and O–H groups in total. The maximum atomic E-state index is 11.9. The van der Waals surface area contributed by atoms with Crippen LogP contribution >= 0.6 is 0 Å². The van der Waals surface area contributed by atoms with Gasteiger partial charge in [-0.15, -0.1) is 0 Å². The summed E-state index contributed by atoms with van der Waals surface area (Å²) in [5.41, 5.74) is 0.813. The van der Waals surface area contributed by atoms with Gasteiger partial charge in [0.05, 0.1) is 26.7 Å². The van der Waals surface area contributed by atoms with Crippen molar-refractivity contribution in [3.8, 4) is 17.6 Å². The number of ether oxygens (including phenoxy) is 2. The molecule has 1 aromatic rings. The van der Waals surface area contributed by atoms with Gasteiger partial charge in [0.2, 0.25) is 5.91 Å². The second kappa shape index (κ2) is 8.05. The monoisotopic (exact) mass is 276 g/mol. The van der Waals surface area contributed by atoms with E-state index in [0.29, 0.717) is 17.9 Å². The molecule has 0 bridgehead atoms. The summed E-state index contributed by atoms with van der Waals surface area (Å²) < 4.78 is 10.3. The molecule has 5 nitrogen and oxygen atoms in total. The number of nitriles is 1. The molecule has 1 unspecified atom stereocenters. The minimum absolute atomic E-state index is 0.169. The number of amides is 1. The third-order valence-corrected chi connectivity index (χ3v) is 2.88. The van der Waals surface area contributed by atoms with Crippen molar-refractivity contribution in [2.24, 2.45) is 0 Å². The average Bonchev–Trinajstić information content (AvgIpc) is 2.46. The third-order valence-electron chi connectivity index (χ3n) is 2.88. The zero-order chi connectivity index (χ0) is 15.0. The maximum absolute atomic E-state index is 11.9. The Morgan fingerprint density at radius 1 is 1.35 bits per heavy atom. The van der Waals surface area contributed by atoms with Crippen LogP contribution in [0, 0.1) is 11.3 Å². The molecule has 20 heavy (non-hydrogen) atoms. The molecule has 0 heterocycles. The number of hydrogen-bond donors (Lipinski definition) is 1. The first-order valence-electron chi connectivity index (χ1n) is 6.54. The summed E-state index contributed by atoms with van der Waals surface area (Å²) in [6, 6.07) is 6.99. The van der Waals surface area contributed by atoms with Crippen LogP contribution in [0.3, 0.4) is 0 Å². The van der Waals surface area contributed by atoms with Crippen molar-refractivity contribution in [3.05, 3.63) is 23.8 Å². The van der Waals surface area contributed by atoms with Crippen molar-refractivity contribution in [3.63, 3.8) is 0 Å². The molecule has 0 aromatic heterocycles. The quantitative estimate of drug-likeness (QED) is 0.827. The van der Waals surface area contributed by atoms with Gasteiger partial charge in [-0.25, -0.2) is 0 Å². The van der Waals surface area contributed by atoms with Crippen LogP contribution in [0.25, 0.3) is 0 Å². The van der Waals surface area contributed by atoms with Gasteiger partial charge in [0, 0.05) is 0 Å². The molecule has 0 spiro atoms. The minimum Gasteiger partial charge on any atom is -0.493 e. The Kier molecular flexibility index (Phi) is 6.38. The molecule has 0 aliphatic rings. The van der Waals surface area contributed by atoms with Gasteiger partial charge in [0.15, 0.2) is 11.5 Å². The molecule has 0 saturated carbocycles. The number of methoxy groups -OCH3 is 2. The topological polar surface area (TPSA) is 71.4 Å². The lowest BCUT2D eigenvalue weighted by Crippen LogP contribution is -2.34. The van der Waals surface area contributed by atoms with E-state index in [2.05, 4.69) is 11.4 Å². The van der Waals surface area contributed by atoms with Gasteiger partial charge in [-0.2, -0.15) is 5.26 Å². The predicted molar refractivity (Wildman–Crippen MR) is 75.7 cm³/mol. The second-order valence-electron chi connectivity index (χ2n) is 4.40. The van der Waals surface area contributed by atoms with Crippen molar-refractivity contribution in [1.82, 2.24) is 5.32 Å². The van der Waals surface area contributed by atoms with E-state index in [9.17, 15) is 4.79 Å². The fourth-order valence-corrected chi connectivity index (χ4v) is 1.88. The van der Waals surface area contributed by atoms with Gasteiger partial charge in [-0.3, -0.25) is 4.79 Å². The number of rotatable bonds is 7. The van der Waals surface area contributed by atoms with Gasteiger partial charge in [0.25, 0.3) is 0 Å². The first-order chi connectivity index (χ1) is 9.64. The van der Waals surface area contributed by atoms with Crippen molar-refractivity contribution in [2.45, 2.75) is 32.2 Å². The molecule has 108 valence electrons. The average molecular weight is 276 g/mol. The van der Waals surface area contributed by atoms with E-state index in [1.807, 2.05) is 13.0 Å². The van der Waals surface area contributed by atoms with Crippen LogP contribution in [0.2, 0.25) is 0 Å². The number of nitrogens with zero attached hydrogens (tertiary/aromatic N) is 1. The molecular formula is C15H20N2O3. The van der Waals surface area contributed by atoms with E-state index in [-0.39, 0.29) is 12.3 Å². The molecule has 0 fully saturated rings. The van der Waals surface area contributed by atoms with E-state index in [4.69, 9.17) is 14.7 Å². The van der Waals surface area contributed by atoms with Crippen molar-refractivity contribution < 1.29 is 14.3 Å². The van der Waals surface area contributed by atoms with Gasteiger partial charge >= 0.3 is 0 Å². The van der Waals surface area contributed by atoms with Gasteiger partial charge in [-0.05, 0) is 24.1 Å². The van der Waals surface area contributed by atoms with Gasteiger partial charge in [0.1, 0.15) is 6.04 Å². The summed E-state index contributed by atoms with van der Waals surface area (Å²) in [7, 11) is 3.11. The van der Waals surface area contributed by atoms with Crippen LogP contribution in [0.1, 0.15) is 25.3 Å². The smallest absolute Gasteiger partial charge is 0.225 e. The van der Waals surface area contributed by atoms with Crippen LogP contribution in [0.4, 0.5) is 0 Å². The molecule has 1 amide bonds. The molecule has 0 radical (unpaired) electrons. The van der Waals surface area contributed by atoms with Crippen LogP contribution in [0.5, 0.6) is 11.5 Å². The number of nitrogens with one attached hydrogen (secondary N) is 1. The Balaban J connectivity index is 2.69. The van der Waals surface area contributed by atoms with E-state index >= 15 is 0 Å². The Morgan fingerprint density at radius 2 is 2.05 bits per heavy atom. The Morgan fingerprint density at radius 3 is 2.60 bits per heavy atom. The van der Waals surface area contributed by atoms with Crippen molar-refractivity contribution in [2.75, 3.05) is 14.2 Å². The van der Waals surface area contributed by atoms with Crippen LogP contribution in [-0.2, 0) is 11.2 Å². The van der Waals surface area contributed by atoms with E-state index in [0.717, 1.165) is 12.0 Å². The Labute approximate surface area is 119 Å². The summed E-state index contributed by atoms with van der Waals surface area (Å²) in [4.78, 5) is 11.9. The molecule has 1 atom stereocenters. The van der Waals surface area contributed by atoms with Crippen LogP contribution in [0.15, 0.2) is 18.2 Å². The largest absolute Gasteiger partial charge is 0.493 e. The van der Waals surface area contributed by atoms with E-state index < -0.39 is 6.04 Å². The minimum atomic E-state index is -0.423. The molecule has 1 aromatic carbocycles. The summed E-state index contributed by atoms with van der Waals surface area (Å²) >= 11 is 0. The number of carbonyl (C=O) groups excluding carboxylic acids is 1. The zero-order valence-corrected chi connectivity index (χ0v) is 12.1. The molecule has 0 aliphatic heterocycles. The Hall–Kier alpha value is -2.22. The molecular weight excluding hydrogens is 256 g/mol. The van der Waals surface area contributed by atoms with Crippen molar-refractivity contribution >= 4 is 5.91 Å². The van der Waals surface area contributed by atoms with Crippen molar-refractivity contribution in [1.29, 1.82) is 5.26 Å². The van der Waals surface area contributed by atoms with Gasteiger partial charge in [-0.1, -0.05) is 19.4 Å². The highest BCUT2D eigenvalue weighted by Gasteiger charge is 2.12. The summed E-state index contributed by atoms with van der Waals surface area (Å²) in [5.74, 6) is 1.04. The highest BCUT2D eigenvalue weighted by molar-refractivity contribution is 5.79. The highest BCUT2D eigenvalue weighted by Crippen LogP contribution is 2.27. The number of benzene rings is 1. The summed E-state index contributed by atoms with van der Waals surface area (Å²) in [5, 5.41) is 11.6.